The molecule has 2 aromatic rings. The molecule has 0 saturated carbocycles. The van der Waals surface area contributed by atoms with Crippen molar-refractivity contribution in [3.63, 3.8) is 0 Å². The summed E-state index contributed by atoms with van der Waals surface area (Å²) in [6, 6.07) is 3.63. The van der Waals surface area contributed by atoms with Crippen LogP contribution in [0.5, 0.6) is 11.5 Å². The van der Waals surface area contributed by atoms with Crippen molar-refractivity contribution in [2.24, 2.45) is 0 Å². The maximum atomic E-state index is 12.0. The van der Waals surface area contributed by atoms with Gasteiger partial charge in [-0.3, -0.25) is 4.79 Å². The van der Waals surface area contributed by atoms with Gasteiger partial charge in [0.2, 0.25) is 5.91 Å². The fourth-order valence-corrected chi connectivity index (χ4v) is 2.79. The molecular weight excluding hydrogens is 270 g/mol. The molecule has 6 nitrogen and oxygen atoms in total. The Morgan fingerprint density at radius 1 is 1.29 bits per heavy atom. The molecule has 0 fully saturated rings. The average molecular weight is 287 g/mol. The van der Waals surface area contributed by atoms with Gasteiger partial charge in [-0.15, -0.1) is 0 Å². The van der Waals surface area contributed by atoms with E-state index in [1.807, 2.05) is 19.1 Å². The van der Waals surface area contributed by atoms with Crippen molar-refractivity contribution < 1.29 is 14.3 Å². The molecule has 0 aliphatic carbocycles. The molecule has 1 aliphatic heterocycles. The number of amides is 1. The SMILES string of the molecule is COc1cc2c(c(OC)c1)[C@@H](c1nc[nH]c1C)CC(=O)N2. The van der Waals surface area contributed by atoms with Crippen LogP contribution in [0.4, 0.5) is 5.69 Å². The molecule has 2 N–H and O–H groups in total. The Morgan fingerprint density at radius 3 is 2.71 bits per heavy atom. The van der Waals surface area contributed by atoms with E-state index < -0.39 is 0 Å². The number of hydrogen-bond acceptors (Lipinski definition) is 4. The number of carbonyl (C=O) groups is 1. The second-order valence-corrected chi connectivity index (χ2v) is 5.01. The summed E-state index contributed by atoms with van der Waals surface area (Å²) in [4.78, 5) is 19.4. The Balaban J connectivity index is 2.19. The van der Waals surface area contributed by atoms with E-state index in [2.05, 4.69) is 15.3 Å². The number of rotatable bonds is 3. The van der Waals surface area contributed by atoms with Crippen molar-refractivity contribution in [3.05, 3.63) is 35.4 Å². The van der Waals surface area contributed by atoms with Crippen LogP contribution in [-0.4, -0.2) is 30.1 Å². The first-order chi connectivity index (χ1) is 10.1. The normalized spacial score (nSPS) is 17.1. The molecule has 0 saturated heterocycles. The molecule has 1 aromatic heterocycles. The van der Waals surface area contributed by atoms with Crippen LogP contribution in [0.3, 0.4) is 0 Å². The van der Waals surface area contributed by atoms with Crippen molar-refractivity contribution in [1.82, 2.24) is 9.97 Å². The molecule has 0 unspecified atom stereocenters. The van der Waals surface area contributed by atoms with Crippen LogP contribution in [0, 0.1) is 6.92 Å². The van der Waals surface area contributed by atoms with Gasteiger partial charge in [0.05, 0.1) is 31.9 Å². The highest BCUT2D eigenvalue weighted by atomic mass is 16.5. The number of anilines is 1. The standard InChI is InChI=1S/C15H17N3O3/c1-8-15(17-7-16-8)10-6-13(19)18-11-4-9(20-2)5-12(21-3)14(10)11/h4-5,7,10H,6H2,1-3H3,(H,16,17)(H,18,19)/t10-/m0/s1. The zero-order valence-electron chi connectivity index (χ0n) is 12.2. The number of imidazole rings is 1. The number of methoxy groups -OCH3 is 2. The lowest BCUT2D eigenvalue weighted by molar-refractivity contribution is -0.116. The minimum Gasteiger partial charge on any atom is -0.497 e. The first-order valence-electron chi connectivity index (χ1n) is 6.69. The predicted molar refractivity (Wildman–Crippen MR) is 78.0 cm³/mol. The number of hydrogen-bond donors (Lipinski definition) is 2. The summed E-state index contributed by atoms with van der Waals surface area (Å²) in [7, 11) is 3.20. The molecule has 2 heterocycles. The van der Waals surface area contributed by atoms with Gasteiger partial charge in [0, 0.05) is 35.7 Å². The molecule has 0 radical (unpaired) electrons. The number of ether oxygens (including phenoxy) is 2. The monoisotopic (exact) mass is 287 g/mol. The van der Waals surface area contributed by atoms with E-state index in [1.165, 1.54) is 0 Å². The number of carbonyl (C=O) groups excluding carboxylic acids is 1. The van der Waals surface area contributed by atoms with Gasteiger partial charge in [-0.2, -0.15) is 0 Å². The summed E-state index contributed by atoms with van der Waals surface area (Å²) >= 11 is 0. The molecule has 3 rings (SSSR count). The van der Waals surface area contributed by atoms with Gasteiger partial charge in [0.1, 0.15) is 11.5 Å². The van der Waals surface area contributed by atoms with E-state index in [4.69, 9.17) is 9.47 Å². The first-order valence-corrected chi connectivity index (χ1v) is 6.69. The largest absolute Gasteiger partial charge is 0.497 e. The highest BCUT2D eigenvalue weighted by molar-refractivity contribution is 5.96. The van der Waals surface area contributed by atoms with Crippen LogP contribution in [0.25, 0.3) is 0 Å². The first kappa shape index (κ1) is 13.5. The van der Waals surface area contributed by atoms with Crippen molar-refractivity contribution in [2.75, 3.05) is 19.5 Å². The van der Waals surface area contributed by atoms with Gasteiger partial charge in [0.15, 0.2) is 0 Å². The zero-order valence-corrected chi connectivity index (χ0v) is 12.2. The van der Waals surface area contributed by atoms with Gasteiger partial charge < -0.3 is 19.8 Å². The van der Waals surface area contributed by atoms with Crippen molar-refractivity contribution in [2.45, 2.75) is 19.3 Å². The highest BCUT2D eigenvalue weighted by Crippen LogP contribution is 2.44. The number of aryl methyl sites for hydroxylation is 1. The Hall–Kier alpha value is -2.50. The summed E-state index contributed by atoms with van der Waals surface area (Å²) in [5, 5.41) is 2.88. The average Bonchev–Trinajstić information content (AvgIpc) is 2.90. The van der Waals surface area contributed by atoms with Crippen LogP contribution in [0.15, 0.2) is 18.5 Å². The topological polar surface area (TPSA) is 76.2 Å². The molecule has 110 valence electrons. The molecule has 1 atom stereocenters. The smallest absolute Gasteiger partial charge is 0.225 e. The quantitative estimate of drug-likeness (QED) is 0.907. The Bertz CT molecular complexity index is 693. The lowest BCUT2D eigenvalue weighted by Crippen LogP contribution is -2.24. The van der Waals surface area contributed by atoms with Crippen molar-refractivity contribution >= 4 is 11.6 Å². The predicted octanol–water partition coefficient (Wildman–Crippen LogP) is 2.21. The zero-order chi connectivity index (χ0) is 15.0. The fraction of sp³-hybridized carbons (Fsp3) is 0.333. The van der Waals surface area contributed by atoms with Crippen molar-refractivity contribution in [1.29, 1.82) is 0 Å². The summed E-state index contributed by atoms with van der Waals surface area (Å²) in [5.74, 6) is 1.17. The van der Waals surface area contributed by atoms with Gasteiger partial charge in [-0.25, -0.2) is 4.98 Å². The maximum Gasteiger partial charge on any atom is 0.225 e. The number of nitrogens with zero attached hydrogens (tertiary/aromatic N) is 1. The van der Waals surface area contributed by atoms with E-state index in [-0.39, 0.29) is 11.8 Å². The number of benzene rings is 1. The number of H-pyrrole nitrogens is 1. The molecule has 1 amide bonds. The number of aromatic amines is 1. The summed E-state index contributed by atoms with van der Waals surface area (Å²) in [6.07, 6.45) is 1.99. The Morgan fingerprint density at radius 2 is 2.10 bits per heavy atom. The van der Waals surface area contributed by atoms with E-state index in [9.17, 15) is 4.79 Å². The summed E-state index contributed by atoms with van der Waals surface area (Å²) < 4.78 is 10.7. The van der Waals surface area contributed by atoms with Crippen LogP contribution in [0.2, 0.25) is 0 Å². The third-order valence-electron chi connectivity index (χ3n) is 3.78. The number of fused-ring (bicyclic) bond motifs is 1. The third-order valence-corrected chi connectivity index (χ3v) is 3.78. The van der Waals surface area contributed by atoms with E-state index >= 15 is 0 Å². The molecule has 1 aliphatic rings. The van der Waals surface area contributed by atoms with E-state index in [0.717, 1.165) is 22.6 Å². The van der Waals surface area contributed by atoms with E-state index in [1.54, 1.807) is 20.5 Å². The second-order valence-electron chi connectivity index (χ2n) is 5.01. The van der Waals surface area contributed by atoms with Gasteiger partial charge in [-0.1, -0.05) is 0 Å². The van der Waals surface area contributed by atoms with Crippen LogP contribution in [-0.2, 0) is 4.79 Å². The minimum absolute atomic E-state index is 0.0368. The third kappa shape index (κ3) is 2.22. The van der Waals surface area contributed by atoms with Gasteiger partial charge in [0.25, 0.3) is 0 Å². The second kappa shape index (κ2) is 5.12. The lowest BCUT2D eigenvalue weighted by atomic mass is 9.86. The highest BCUT2D eigenvalue weighted by Gasteiger charge is 2.32. The number of aromatic nitrogens is 2. The summed E-state index contributed by atoms with van der Waals surface area (Å²) in [5.41, 5.74) is 3.48. The number of nitrogens with one attached hydrogen (secondary N) is 2. The maximum absolute atomic E-state index is 12.0. The molecule has 0 bridgehead atoms. The van der Waals surface area contributed by atoms with Crippen LogP contribution < -0.4 is 14.8 Å². The minimum atomic E-state index is -0.124. The molecule has 6 heteroatoms. The molecule has 1 aromatic carbocycles. The van der Waals surface area contributed by atoms with Gasteiger partial charge in [-0.05, 0) is 6.92 Å². The van der Waals surface area contributed by atoms with E-state index in [0.29, 0.717) is 17.9 Å². The Kier molecular flexibility index (Phi) is 3.29. The molecule has 21 heavy (non-hydrogen) atoms. The molecule has 0 spiro atoms. The van der Waals surface area contributed by atoms with Crippen LogP contribution in [0.1, 0.15) is 29.3 Å². The van der Waals surface area contributed by atoms with Crippen LogP contribution >= 0.6 is 0 Å². The molecular formula is C15H17N3O3. The Labute approximate surface area is 122 Å². The summed E-state index contributed by atoms with van der Waals surface area (Å²) in [6.45, 7) is 1.95. The fourth-order valence-electron chi connectivity index (χ4n) is 2.79. The van der Waals surface area contributed by atoms with Gasteiger partial charge >= 0.3 is 0 Å². The lowest BCUT2D eigenvalue weighted by Gasteiger charge is -2.27. The van der Waals surface area contributed by atoms with Crippen molar-refractivity contribution in [3.8, 4) is 11.5 Å².